The molecule has 0 spiro atoms. The number of rotatable bonds is 2. The molecule has 0 aliphatic carbocycles. The summed E-state index contributed by atoms with van der Waals surface area (Å²) in [5.74, 6) is 0.253. The van der Waals surface area contributed by atoms with Gasteiger partial charge in [0.1, 0.15) is 0 Å². The Morgan fingerprint density at radius 1 is 1.31 bits per heavy atom. The minimum absolute atomic E-state index is 0.253. The maximum Gasteiger partial charge on any atom is 0.222 e. The monoisotopic (exact) mass is 215 g/mol. The predicted octanol–water partition coefficient (Wildman–Crippen LogP) is 2.71. The normalized spacial score (nSPS) is 15.8. The lowest BCUT2D eigenvalue weighted by Gasteiger charge is -2.26. The summed E-state index contributed by atoms with van der Waals surface area (Å²) in [5.41, 5.74) is 2.65. The minimum Gasteiger partial charge on any atom is -0.339 e. The quantitative estimate of drug-likeness (QED) is 0.742. The van der Waals surface area contributed by atoms with Crippen molar-refractivity contribution < 1.29 is 4.79 Å². The summed E-state index contributed by atoms with van der Waals surface area (Å²) < 4.78 is 0. The third-order valence-electron chi connectivity index (χ3n) is 3.01. The smallest absolute Gasteiger partial charge is 0.222 e. The maximum absolute atomic E-state index is 11.5. The highest BCUT2D eigenvalue weighted by molar-refractivity contribution is 5.78. The van der Waals surface area contributed by atoms with Crippen LogP contribution in [-0.2, 0) is 4.79 Å². The SMILES string of the molecule is CCC(=O)N1CC=C(c2ccccc2)CC1. The van der Waals surface area contributed by atoms with E-state index in [0.717, 1.165) is 19.5 Å². The molecule has 84 valence electrons. The van der Waals surface area contributed by atoms with E-state index < -0.39 is 0 Å². The van der Waals surface area contributed by atoms with Gasteiger partial charge in [0.25, 0.3) is 0 Å². The molecule has 2 nitrogen and oxygen atoms in total. The first-order chi connectivity index (χ1) is 7.81. The van der Waals surface area contributed by atoms with Gasteiger partial charge in [-0.05, 0) is 17.6 Å². The zero-order chi connectivity index (χ0) is 11.4. The second-order valence-corrected chi connectivity index (χ2v) is 4.04. The Kier molecular flexibility index (Phi) is 3.40. The van der Waals surface area contributed by atoms with Gasteiger partial charge in [0.2, 0.25) is 5.91 Å². The third kappa shape index (κ3) is 2.32. The van der Waals surface area contributed by atoms with Crippen molar-refractivity contribution in [2.45, 2.75) is 19.8 Å². The van der Waals surface area contributed by atoms with E-state index in [2.05, 4.69) is 30.3 Å². The van der Waals surface area contributed by atoms with Crippen molar-refractivity contribution in [3.63, 3.8) is 0 Å². The molecule has 0 aromatic heterocycles. The first kappa shape index (κ1) is 10.9. The summed E-state index contributed by atoms with van der Waals surface area (Å²) in [6.07, 6.45) is 3.75. The Bertz CT molecular complexity index is 394. The van der Waals surface area contributed by atoms with Crippen molar-refractivity contribution in [3.05, 3.63) is 42.0 Å². The largest absolute Gasteiger partial charge is 0.339 e. The number of benzene rings is 1. The fourth-order valence-corrected chi connectivity index (χ4v) is 2.03. The molecule has 0 atom stereocenters. The van der Waals surface area contributed by atoms with Crippen LogP contribution in [0.3, 0.4) is 0 Å². The highest BCUT2D eigenvalue weighted by Crippen LogP contribution is 2.22. The topological polar surface area (TPSA) is 20.3 Å². The van der Waals surface area contributed by atoms with Crippen molar-refractivity contribution in [2.24, 2.45) is 0 Å². The molecule has 1 aliphatic rings. The molecule has 1 aromatic rings. The molecular weight excluding hydrogens is 198 g/mol. The molecule has 2 rings (SSSR count). The molecule has 1 heterocycles. The summed E-state index contributed by atoms with van der Waals surface area (Å²) in [6, 6.07) is 10.4. The lowest BCUT2D eigenvalue weighted by atomic mass is 9.99. The zero-order valence-electron chi connectivity index (χ0n) is 9.65. The van der Waals surface area contributed by atoms with Gasteiger partial charge in [-0.25, -0.2) is 0 Å². The van der Waals surface area contributed by atoms with E-state index in [1.165, 1.54) is 11.1 Å². The minimum atomic E-state index is 0.253. The zero-order valence-corrected chi connectivity index (χ0v) is 9.65. The van der Waals surface area contributed by atoms with Gasteiger partial charge in [-0.15, -0.1) is 0 Å². The summed E-state index contributed by atoms with van der Waals surface area (Å²) >= 11 is 0. The fourth-order valence-electron chi connectivity index (χ4n) is 2.03. The van der Waals surface area contributed by atoms with Crippen LogP contribution in [0.15, 0.2) is 36.4 Å². The molecule has 0 saturated heterocycles. The number of hydrogen-bond acceptors (Lipinski definition) is 1. The van der Waals surface area contributed by atoms with Gasteiger partial charge in [0.05, 0.1) is 0 Å². The van der Waals surface area contributed by atoms with Crippen molar-refractivity contribution in [1.82, 2.24) is 4.90 Å². The van der Waals surface area contributed by atoms with Crippen LogP contribution in [0, 0.1) is 0 Å². The molecule has 0 unspecified atom stereocenters. The van der Waals surface area contributed by atoms with Crippen molar-refractivity contribution in [1.29, 1.82) is 0 Å². The Hall–Kier alpha value is -1.57. The van der Waals surface area contributed by atoms with Crippen LogP contribution in [0.2, 0.25) is 0 Å². The van der Waals surface area contributed by atoms with Crippen molar-refractivity contribution in [3.8, 4) is 0 Å². The second-order valence-electron chi connectivity index (χ2n) is 4.04. The van der Waals surface area contributed by atoms with Gasteiger partial charge in [-0.1, -0.05) is 43.3 Å². The Morgan fingerprint density at radius 2 is 2.06 bits per heavy atom. The van der Waals surface area contributed by atoms with Crippen molar-refractivity contribution in [2.75, 3.05) is 13.1 Å². The molecule has 0 saturated carbocycles. The lowest BCUT2D eigenvalue weighted by molar-refractivity contribution is -0.130. The van der Waals surface area contributed by atoms with Crippen LogP contribution in [-0.4, -0.2) is 23.9 Å². The van der Waals surface area contributed by atoms with Crippen LogP contribution >= 0.6 is 0 Å². The average molecular weight is 215 g/mol. The molecule has 0 N–H and O–H groups in total. The van der Waals surface area contributed by atoms with Crippen LogP contribution in [0.25, 0.3) is 5.57 Å². The van der Waals surface area contributed by atoms with E-state index in [4.69, 9.17) is 0 Å². The predicted molar refractivity (Wildman–Crippen MR) is 65.9 cm³/mol. The molecular formula is C14H17NO. The highest BCUT2D eigenvalue weighted by atomic mass is 16.2. The molecule has 1 aliphatic heterocycles. The molecule has 0 radical (unpaired) electrons. The number of hydrogen-bond donors (Lipinski definition) is 0. The Balaban J connectivity index is 2.07. The van der Waals surface area contributed by atoms with Crippen LogP contribution < -0.4 is 0 Å². The average Bonchev–Trinajstić information content (AvgIpc) is 2.39. The van der Waals surface area contributed by atoms with Gasteiger partial charge < -0.3 is 4.90 Å². The van der Waals surface area contributed by atoms with Gasteiger partial charge in [-0.2, -0.15) is 0 Å². The standard InChI is InChI=1S/C14H17NO/c1-2-14(16)15-10-8-13(9-11-15)12-6-4-3-5-7-12/h3-8H,2,9-11H2,1H3. The summed E-state index contributed by atoms with van der Waals surface area (Å²) in [4.78, 5) is 13.4. The van der Waals surface area contributed by atoms with Crippen LogP contribution in [0.5, 0.6) is 0 Å². The molecule has 1 aromatic carbocycles. The highest BCUT2D eigenvalue weighted by Gasteiger charge is 2.15. The van der Waals surface area contributed by atoms with Crippen molar-refractivity contribution >= 4 is 11.5 Å². The van der Waals surface area contributed by atoms with Gasteiger partial charge in [0.15, 0.2) is 0 Å². The number of carbonyl (C=O) groups excluding carboxylic acids is 1. The maximum atomic E-state index is 11.5. The summed E-state index contributed by atoms with van der Waals surface area (Å²) in [7, 11) is 0. The molecule has 2 heteroatoms. The molecule has 0 bridgehead atoms. The van der Waals surface area contributed by atoms with Crippen LogP contribution in [0.1, 0.15) is 25.3 Å². The van der Waals surface area contributed by atoms with E-state index in [0.29, 0.717) is 6.42 Å². The third-order valence-corrected chi connectivity index (χ3v) is 3.01. The summed E-state index contributed by atoms with van der Waals surface area (Å²) in [5, 5.41) is 0. The van der Waals surface area contributed by atoms with E-state index in [1.807, 2.05) is 17.9 Å². The van der Waals surface area contributed by atoms with Crippen LogP contribution in [0.4, 0.5) is 0 Å². The van der Waals surface area contributed by atoms with E-state index >= 15 is 0 Å². The van der Waals surface area contributed by atoms with Gasteiger partial charge >= 0.3 is 0 Å². The van der Waals surface area contributed by atoms with Gasteiger partial charge in [-0.3, -0.25) is 4.79 Å². The molecule has 16 heavy (non-hydrogen) atoms. The molecule has 1 amide bonds. The van der Waals surface area contributed by atoms with E-state index in [-0.39, 0.29) is 5.91 Å². The first-order valence-electron chi connectivity index (χ1n) is 5.83. The van der Waals surface area contributed by atoms with E-state index in [1.54, 1.807) is 0 Å². The number of amides is 1. The molecule has 0 fully saturated rings. The number of nitrogens with zero attached hydrogens (tertiary/aromatic N) is 1. The first-order valence-corrected chi connectivity index (χ1v) is 5.83. The van der Waals surface area contributed by atoms with Gasteiger partial charge in [0, 0.05) is 19.5 Å². The Morgan fingerprint density at radius 3 is 2.62 bits per heavy atom. The number of carbonyl (C=O) groups is 1. The van der Waals surface area contributed by atoms with E-state index in [9.17, 15) is 4.79 Å². The summed E-state index contributed by atoms with van der Waals surface area (Å²) in [6.45, 7) is 3.53. The Labute approximate surface area is 96.6 Å². The lowest BCUT2D eigenvalue weighted by Crippen LogP contribution is -2.34. The fraction of sp³-hybridized carbons (Fsp3) is 0.357. The second kappa shape index (κ2) is 4.97.